The number of carboxylic acids is 1. The monoisotopic (exact) mass is 625 g/mol. The molecule has 0 saturated heterocycles. The lowest BCUT2D eigenvalue weighted by Gasteiger charge is -2.17. The molecule has 222 valence electrons. The van der Waals surface area contributed by atoms with Gasteiger partial charge in [0.1, 0.15) is 11.0 Å². The zero-order chi connectivity index (χ0) is 30.7. The van der Waals surface area contributed by atoms with Gasteiger partial charge in [0.15, 0.2) is 15.2 Å². The molecule has 4 aromatic rings. The van der Waals surface area contributed by atoms with Gasteiger partial charge in [0.25, 0.3) is 5.91 Å². The van der Waals surface area contributed by atoms with Crippen LogP contribution < -0.4 is 11.1 Å². The molecular weight excluding hydrogens is 591 g/mol. The maximum Gasteiger partial charge on any atom is 0.326 e. The van der Waals surface area contributed by atoms with E-state index in [-0.39, 0.29) is 11.7 Å². The van der Waals surface area contributed by atoms with Gasteiger partial charge < -0.3 is 16.2 Å². The molecule has 0 aliphatic heterocycles. The summed E-state index contributed by atoms with van der Waals surface area (Å²) in [6, 6.07) is 21.6. The zero-order valence-electron chi connectivity index (χ0n) is 23.7. The van der Waals surface area contributed by atoms with Crippen LogP contribution in [0.2, 0.25) is 0 Å². The lowest BCUT2D eigenvalue weighted by molar-refractivity contribution is -0.139. The molecule has 0 aliphatic rings. The van der Waals surface area contributed by atoms with Gasteiger partial charge in [0.05, 0.1) is 5.75 Å². The van der Waals surface area contributed by atoms with Gasteiger partial charge in [-0.2, -0.15) is 11.8 Å². The molecule has 1 aromatic heterocycles. The fourth-order valence-electron chi connectivity index (χ4n) is 4.11. The van der Waals surface area contributed by atoms with E-state index >= 15 is 0 Å². The predicted molar refractivity (Wildman–Crippen MR) is 171 cm³/mol. The number of thioether (sulfide) groups is 1. The van der Waals surface area contributed by atoms with Gasteiger partial charge in [0.2, 0.25) is 0 Å². The van der Waals surface area contributed by atoms with Crippen molar-refractivity contribution in [1.82, 2.24) is 10.3 Å². The normalized spacial score (nSPS) is 12.5. The maximum atomic E-state index is 12.8. The van der Waals surface area contributed by atoms with Crippen LogP contribution in [-0.2, 0) is 20.4 Å². The standard InChI is InChI=1S/C20H23NO3S.C11H12N2O2S2/c1-13-8-9-16(17(12-13)15-7-5-4-6-14(15)2)19(22)21-18(20(23)24)10-11-25-3;12-10(11-13-6-7-16-11)17(14,15)8-9-4-2-1-3-5-9/h4-9,12,18H,10-11H2,1-3H3,(H,21,22)(H,23,24);1-7,10H,8,12H2. The Bertz CT molecular complexity index is 1580. The molecule has 4 N–H and O–H groups in total. The predicted octanol–water partition coefficient (Wildman–Crippen LogP) is 5.62. The van der Waals surface area contributed by atoms with E-state index in [4.69, 9.17) is 5.73 Å². The second-order valence-corrected chi connectivity index (χ2v) is 13.6. The average Bonchev–Trinajstić information content (AvgIpc) is 3.50. The van der Waals surface area contributed by atoms with Crippen molar-refractivity contribution in [2.75, 3.05) is 12.0 Å². The van der Waals surface area contributed by atoms with Crippen LogP contribution in [0, 0.1) is 13.8 Å². The number of nitrogens with one attached hydrogen (secondary N) is 1. The van der Waals surface area contributed by atoms with Gasteiger partial charge >= 0.3 is 5.97 Å². The Morgan fingerprint density at radius 1 is 1.02 bits per heavy atom. The van der Waals surface area contributed by atoms with Crippen LogP contribution in [0.5, 0.6) is 0 Å². The molecule has 0 saturated carbocycles. The van der Waals surface area contributed by atoms with Gasteiger partial charge in [-0.3, -0.25) is 4.79 Å². The molecule has 3 aromatic carbocycles. The van der Waals surface area contributed by atoms with Crippen LogP contribution in [-0.4, -0.2) is 48.4 Å². The van der Waals surface area contributed by atoms with E-state index in [1.807, 2.05) is 62.6 Å². The SMILES string of the molecule is CSCCC(NC(=O)c1ccc(C)cc1-c1ccccc1C)C(=O)O.NC(c1nccs1)S(=O)(=O)Cc1ccccc1. The number of hydrogen-bond acceptors (Lipinski definition) is 8. The number of carbonyl (C=O) groups excluding carboxylic acids is 1. The molecule has 4 rings (SSSR count). The van der Waals surface area contributed by atoms with Crippen LogP contribution >= 0.6 is 23.1 Å². The highest BCUT2D eigenvalue weighted by Gasteiger charge is 2.25. The Labute approximate surface area is 255 Å². The van der Waals surface area contributed by atoms with Crippen molar-refractivity contribution in [2.45, 2.75) is 37.4 Å². The number of aromatic nitrogens is 1. The van der Waals surface area contributed by atoms with Crippen molar-refractivity contribution in [3.8, 4) is 11.1 Å². The number of carbonyl (C=O) groups is 2. The highest BCUT2D eigenvalue weighted by molar-refractivity contribution is 7.98. The van der Waals surface area contributed by atoms with E-state index < -0.39 is 27.2 Å². The van der Waals surface area contributed by atoms with Crippen molar-refractivity contribution < 1.29 is 23.1 Å². The number of aryl methyl sites for hydroxylation is 2. The summed E-state index contributed by atoms with van der Waals surface area (Å²) in [6.07, 6.45) is 3.86. The van der Waals surface area contributed by atoms with Gasteiger partial charge in [-0.25, -0.2) is 18.2 Å². The Hall–Kier alpha value is -3.51. The molecule has 0 radical (unpaired) electrons. The fraction of sp³-hybridized carbons (Fsp3) is 0.258. The number of benzene rings is 3. The first-order valence-electron chi connectivity index (χ1n) is 13.1. The molecule has 0 aliphatic carbocycles. The van der Waals surface area contributed by atoms with Crippen LogP contribution in [0.25, 0.3) is 11.1 Å². The molecule has 2 unspecified atom stereocenters. The smallest absolute Gasteiger partial charge is 0.326 e. The summed E-state index contributed by atoms with van der Waals surface area (Å²) in [4.78, 5) is 28.1. The summed E-state index contributed by atoms with van der Waals surface area (Å²) in [7, 11) is -3.41. The van der Waals surface area contributed by atoms with Crippen molar-refractivity contribution in [1.29, 1.82) is 0 Å². The van der Waals surface area contributed by atoms with E-state index in [0.717, 1.165) is 27.8 Å². The Morgan fingerprint density at radius 2 is 1.71 bits per heavy atom. The molecule has 1 heterocycles. The largest absolute Gasteiger partial charge is 0.480 e. The van der Waals surface area contributed by atoms with Crippen LogP contribution in [0.15, 0.2) is 84.4 Å². The third kappa shape index (κ3) is 9.25. The minimum Gasteiger partial charge on any atom is -0.480 e. The van der Waals surface area contributed by atoms with Crippen molar-refractivity contribution >= 4 is 44.8 Å². The lowest BCUT2D eigenvalue weighted by Crippen LogP contribution is -2.41. The number of nitrogens with two attached hydrogens (primary N) is 1. The average molecular weight is 626 g/mol. The number of amides is 1. The van der Waals surface area contributed by atoms with Crippen molar-refractivity contribution in [3.63, 3.8) is 0 Å². The third-order valence-corrected chi connectivity index (χ3v) is 9.75. The molecule has 11 heteroatoms. The Kier molecular flexibility index (Phi) is 12.3. The maximum absolute atomic E-state index is 12.8. The molecule has 8 nitrogen and oxygen atoms in total. The summed E-state index contributed by atoms with van der Waals surface area (Å²) < 4.78 is 24.1. The van der Waals surface area contributed by atoms with Crippen LogP contribution in [0.1, 0.15) is 43.9 Å². The van der Waals surface area contributed by atoms with Gasteiger partial charge in [-0.05, 0) is 60.6 Å². The third-order valence-electron chi connectivity index (χ3n) is 6.36. The number of rotatable bonds is 11. The van der Waals surface area contributed by atoms with Crippen molar-refractivity contribution in [2.24, 2.45) is 5.73 Å². The Morgan fingerprint density at radius 3 is 2.33 bits per heavy atom. The van der Waals surface area contributed by atoms with Gasteiger partial charge in [0, 0.05) is 17.1 Å². The van der Waals surface area contributed by atoms with E-state index in [9.17, 15) is 23.1 Å². The number of aliphatic carboxylic acids is 1. The molecule has 2 atom stereocenters. The molecule has 42 heavy (non-hydrogen) atoms. The van der Waals surface area contributed by atoms with Crippen LogP contribution in [0.4, 0.5) is 0 Å². The highest BCUT2D eigenvalue weighted by Crippen LogP contribution is 2.28. The molecule has 0 bridgehead atoms. The second-order valence-electron chi connectivity index (χ2n) is 9.59. The topological polar surface area (TPSA) is 139 Å². The molecule has 0 spiro atoms. The first-order valence-corrected chi connectivity index (χ1v) is 17.1. The first kappa shape index (κ1) is 33.0. The minimum atomic E-state index is -3.41. The van der Waals surface area contributed by atoms with Gasteiger partial charge in [-0.1, -0.05) is 72.3 Å². The first-order chi connectivity index (χ1) is 20.0. The van der Waals surface area contributed by atoms with E-state index in [2.05, 4.69) is 10.3 Å². The number of carboxylic acid groups (broad SMARTS) is 1. The summed E-state index contributed by atoms with van der Waals surface area (Å²) >= 11 is 2.81. The second kappa shape index (κ2) is 15.6. The zero-order valence-corrected chi connectivity index (χ0v) is 26.1. The van der Waals surface area contributed by atoms with Crippen LogP contribution in [0.3, 0.4) is 0 Å². The number of thiazole rings is 1. The van der Waals surface area contributed by atoms with E-state index in [1.54, 1.807) is 53.7 Å². The van der Waals surface area contributed by atoms with Gasteiger partial charge in [-0.15, -0.1) is 11.3 Å². The number of nitrogens with zero attached hydrogens (tertiary/aromatic N) is 1. The van der Waals surface area contributed by atoms with E-state index in [1.165, 1.54) is 11.3 Å². The highest BCUT2D eigenvalue weighted by atomic mass is 32.2. The lowest BCUT2D eigenvalue weighted by atomic mass is 9.94. The summed E-state index contributed by atoms with van der Waals surface area (Å²) in [5.74, 6) is -0.747. The van der Waals surface area contributed by atoms with Crippen molar-refractivity contribution in [3.05, 3.63) is 112 Å². The number of sulfone groups is 1. The summed E-state index contributed by atoms with van der Waals surface area (Å²) in [5.41, 5.74) is 10.9. The molecular formula is C31H35N3O5S3. The fourth-order valence-corrected chi connectivity index (χ4v) is 6.91. The van der Waals surface area contributed by atoms with E-state index in [0.29, 0.717) is 22.7 Å². The minimum absolute atomic E-state index is 0.0609. The number of hydrogen-bond donors (Lipinski definition) is 3. The summed E-state index contributed by atoms with van der Waals surface area (Å²) in [5, 5.41) is 13.1. The Balaban J connectivity index is 0.000000247. The quantitative estimate of drug-likeness (QED) is 0.195. The molecule has 0 fully saturated rings. The molecule has 1 amide bonds. The summed E-state index contributed by atoms with van der Waals surface area (Å²) in [6.45, 7) is 3.97.